The van der Waals surface area contributed by atoms with Crippen molar-refractivity contribution in [1.82, 2.24) is 10.2 Å². The Morgan fingerprint density at radius 1 is 1.03 bits per heavy atom. The van der Waals surface area contributed by atoms with Gasteiger partial charge in [-0.2, -0.15) is 0 Å². The highest BCUT2D eigenvalue weighted by Crippen LogP contribution is 2.44. The molecule has 2 unspecified atom stereocenters. The Kier molecular flexibility index (Phi) is 7.17. The van der Waals surface area contributed by atoms with Crippen LogP contribution in [0.3, 0.4) is 0 Å². The fraction of sp³-hybridized carbons (Fsp3) is 0.423. The van der Waals surface area contributed by atoms with Crippen LogP contribution in [-0.2, 0) is 19.1 Å². The second-order valence-electron chi connectivity index (χ2n) is 8.83. The lowest BCUT2D eigenvalue weighted by atomic mass is 9.96. The third kappa shape index (κ3) is 4.77. The number of methoxy groups -OCH3 is 1. The van der Waals surface area contributed by atoms with Gasteiger partial charge in [-0.15, -0.1) is 0 Å². The average Bonchev–Trinajstić information content (AvgIpc) is 3.19. The van der Waals surface area contributed by atoms with Gasteiger partial charge in [-0.05, 0) is 42.0 Å². The van der Waals surface area contributed by atoms with Crippen LogP contribution < -0.4 is 5.32 Å². The number of hydrogen-bond donors (Lipinski definition) is 2. The minimum absolute atomic E-state index is 0.0813. The van der Waals surface area contributed by atoms with E-state index in [1.807, 2.05) is 36.4 Å². The predicted molar refractivity (Wildman–Crippen MR) is 125 cm³/mol. The summed E-state index contributed by atoms with van der Waals surface area (Å²) in [5.74, 6) is -1.67. The van der Waals surface area contributed by atoms with E-state index in [-0.39, 0.29) is 18.4 Å². The van der Waals surface area contributed by atoms with Gasteiger partial charge in [0.1, 0.15) is 12.6 Å². The highest BCUT2D eigenvalue weighted by molar-refractivity contribution is 5.86. The van der Waals surface area contributed by atoms with Crippen molar-refractivity contribution in [3.8, 4) is 11.1 Å². The SMILES string of the molecule is COC(C)C(NC(=O)OCC1c2ccccc2-c2ccccc21)C(=O)N1CCC(C(=O)O)CC1. The van der Waals surface area contributed by atoms with E-state index in [1.165, 1.54) is 7.11 Å². The Bertz CT molecular complexity index is 1020. The Morgan fingerprint density at radius 3 is 2.12 bits per heavy atom. The summed E-state index contributed by atoms with van der Waals surface area (Å²) in [6.07, 6.45) is -0.491. The van der Waals surface area contributed by atoms with Crippen LogP contribution in [0.2, 0.25) is 0 Å². The van der Waals surface area contributed by atoms with Gasteiger partial charge in [-0.25, -0.2) is 4.79 Å². The number of carbonyl (C=O) groups is 3. The molecule has 0 saturated carbocycles. The van der Waals surface area contributed by atoms with E-state index in [4.69, 9.17) is 9.47 Å². The van der Waals surface area contributed by atoms with Crippen LogP contribution in [0.15, 0.2) is 48.5 Å². The Morgan fingerprint density at radius 2 is 1.59 bits per heavy atom. The number of benzene rings is 2. The summed E-state index contributed by atoms with van der Waals surface area (Å²) in [4.78, 5) is 38.7. The molecule has 4 rings (SSSR count). The Balaban J connectivity index is 1.40. The number of carboxylic acids is 1. The molecule has 2 N–H and O–H groups in total. The number of likely N-dealkylation sites (tertiary alicyclic amines) is 1. The molecule has 2 atom stereocenters. The van der Waals surface area contributed by atoms with Gasteiger partial charge in [0.15, 0.2) is 0 Å². The molecule has 1 heterocycles. The number of carboxylic acid groups (broad SMARTS) is 1. The van der Waals surface area contributed by atoms with E-state index in [0.29, 0.717) is 25.9 Å². The maximum absolute atomic E-state index is 13.1. The van der Waals surface area contributed by atoms with Crippen molar-refractivity contribution in [2.45, 2.75) is 37.8 Å². The molecule has 1 saturated heterocycles. The van der Waals surface area contributed by atoms with E-state index < -0.39 is 30.1 Å². The lowest BCUT2D eigenvalue weighted by Gasteiger charge is -2.34. The first-order chi connectivity index (χ1) is 16.4. The van der Waals surface area contributed by atoms with E-state index in [0.717, 1.165) is 22.3 Å². The smallest absolute Gasteiger partial charge is 0.407 e. The van der Waals surface area contributed by atoms with Crippen molar-refractivity contribution in [1.29, 1.82) is 0 Å². The van der Waals surface area contributed by atoms with Gasteiger partial charge in [-0.1, -0.05) is 48.5 Å². The lowest BCUT2D eigenvalue weighted by Crippen LogP contribution is -2.55. The fourth-order valence-electron chi connectivity index (χ4n) is 4.83. The van der Waals surface area contributed by atoms with Crippen LogP contribution in [0.4, 0.5) is 4.79 Å². The molecule has 1 fully saturated rings. The third-order valence-corrected chi connectivity index (χ3v) is 6.88. The highest BCUT2D eigenvalue weighted by atomic mass is 16.5. The van der Waals surface area contributed by atoms with Gasteiger partial charge < -0.3 is 24.8 Å². The van der Waals surface area contributed by atoms with Gasteiger partial charge >= 0.3 is 12.1 Å². The number of alkyl carbamates (subject to hydrolysis) is 1. The van der Waals surface area contributed by atoms with Crippen LogP contribution in [0.1, 0.15) is 36.8 Å². The minimum atomic E-state index is -0.929. The Labute approximate surface area is 198 Å². The summed E-state index contributed by atoms with van der Waals surface area (Å²) in [6.45, 7) is 2.51. The summed E-state index contributed by atoms with van der Waals surface area (Å²) in [5, 5.41) is 11.9. The number of nitrogens with zero attached hydrogens (tertiary/aromatic N) is 1. The molecule has 0 bridgehead atoms. The molecular formula is C26H30N2O6. The molecule has 180 valence electrons. The molecular weight excluding hydrogens is 436 g/mol. The molecule has 2 aromatic rings. The van der Waals surface area contributed by atoms with Gasteiger partial charge in [0.25, 0.3) is 0 Å². The highest BCUT2D eigenvalue weighted by Gasteiger charge is 2.35. The van der Waals surface area contributed by atoms with E-state index in [1.54, 1.807) is 11.8 Å². The van der Waals surface area contributed by atoms with Gasteiger partial charge in [0.2, 0.25) is 5.91 Å². The Hall–Kier alpha value is -3.39. The molecule has 2 aromatic carbocycles. The molecule has 0 radical (unpaired) electrons. The van der Waals surface area contributed by atoms with Crippen molar-refractivity contribution < 1.29 is 29.0 Å². The number of aliphatic carboxylic acids is 1. The predicted octanol–water partition coefficient (Wildman–Crippen LogP) is 3.25. The molecule has 2 aliphatic rings. The lowest BCUT2D eigenvalue weighted by molar-refractivity contribution is -0.147. The maximum atomic E-state index is 13.1. The molecule has 1 aliphatic heterocycles. The average molecular weight is 467 g/mol. The molecule has 1 aliphatic carbocycles. The van der Waals surface area contributed by atoms with Crippen LogP contribution in [0.25, 0.3) is 11.1 Å². The molecule has 8 heteroatoms. The van der Waals surface area contributed by atoms with Crippen molar-refractivity contribution in [3.05, 3.63) is 59.7 Å². The minimum Gasteiger partial charge on any atom is -0.481 e. The first-order valence-corrected chi connectivity index (χ1v) is 11.6. The van der Waals surface area contributed by atoms with Crippen molar-refractivity contribution in [2.75, 3.05) is 26.8 Å². The third-order valence-electron chi connectivity index (χ3n) is 6.88. The number of piperidine rings is 1. The summed E-state index contributed by atoms with van der Waals surface area (Å²) in [7, 11) is 1.47. The largest absolute Gasteiger partial charge is 0.481 e. The standard InChI is InChI=1S/C26H30N2O6/c1-16(33-2)23(24(29)28-13-11-17(12-14-28)25(30)31)27-26(32)34-15-22-20-9-5-3-7-18(20)19-8-4-6-10-21(19)22/h3-10,16-17,22-23H,11-15H2,1-2H3,(H,27,32)(H,30,31). The van der Waals surface area contributed by atoms with E-state index >= 15 is 0 Å². The zero-order valence-electron chi connectivity index (χ0n) is 19.4. The second-order valence-corrected chi connectivity index (χ2v) is 8.83. The molecule has 0 spiro atoms. The van der Waals surface area contributed by atoms with Gasteiger partial charge in [0.05, 0.1) is 12.0 Å². The number of amides is 2. The quantitative estimate of drug-likeness (QED) is 0.649. The summed E-state index contributed by atoms with van der Waals surface area (Å²) in [5.41, 5.74) is 4.49. The van der Waals surface area contributed by atoms with Crippen molar-refractivity contribution in [2.24, 2.45) is 5.92 Å². The molecule has 0 aromatic heterocycles. The number of rotatable bonds is 7. The van der Waals surface area contributed by atoms with Crippen LogP contribution in [0, 0.1) is 5.92 Å². The van der Waals surface area contributed by atoms with Gasteiger partial charge in [-0.3, -0.25) is 9.59 Å². The fourth-order valence-corrected chi connectivity index (χ4v) is 4.83. The number of hydrogen-bond acceptors (Lipinski definition) is 5. The number of ether oxygens (including phenoxy) is 2. The second kappa shape index (κ2) is 10.3. The summed E-state index contributed by atoms with van der Waals surface area (Å²) >= 11 is 0. The summed E-state index contributed by atoms with van der Waals surface area (Å²) < 4.78 is 10.9. The number of fused-ring (bicyclic) bond motifs is 3. The van der Waals surface area contributed by atoms with Gasteiger partial charge in [0, 0.05) is 26.1 Å². The van der Waals surface area contributed by atoms with Crippen LogP contribution in [-0.4, -0.2) is 66.9 Å². The first kappa shape index (κ1) is 23.8. The van der Waals surface area contributed by atoms with Crippen molar-refractivity contribution >= 4 is 18.0 Å². The molecule has 34 heavy (non-hydrogen) atoms. The molecule has 8 nitrogen and oxygen atoms in total. The molecule has 2 amide bonds. The van der Waals surface area contributed by atoms with Crippen molar-refractivity contribution in [3.63, 3.8) is 0 Å². The maximum Gasteiger partial charge on any atom is 0.407 e. The van der Waals surface area contributed by atoms with Crippen LogP contribution >= 0.6 is 0 Å². The number of nitrogens with one attached hydrogen (secondary N) is 1. The van der Waals surface area contributed by atoms with Crippen LogP contribution in [0.5, 0.6) is 0 Å². The first-order valence-electron chi connectivity index (χ1n) is 11.6. The zero-order valence-corrected chi connectivity index (χ0v) is 19.4. The monoisotopic (exact) mass is 466 g/mol. The normalized spacial score (nSPS) is 17.4. The van der Waals surface area contributed by atoms with E-state index in [9.17, 15) is 19.5 Å². The summed E-state index contributed by atoms with van der Waals surface area (Å²) in [6, 6.07) is 15.2. The zero-order chi connectivity index (χ0) is 24.2. The van der Waals surface area contributed by atoms with E-state index in [2.05, 4.69) is 17.4 Å². The number of carbonyl (C=O) groups excluding carboxylic acids is 2. The topological polar surface area (TPSA) is 105 Å².